The Balaban J connectivity index is 1.13. The molecule has 0 unspecified atom stereocenters. The highest BCUT2D eigenvalue weighted by Crippen LogP contribution is 2.46. The molecule has 11 aromatic carbocycles. The molecule has 15 rings (SSSR count). The fourth-order valence-corrected chi connectivity index (χ4v) is 15.3. The number of fused-ring (bicyclic) bond motifs is 10. The molecule has 86 heavy (non-hydrogen) atoms. The molecule has 0 aliphatic carbocycles. The van der Waals surface area contributed by atoms with Crippen LogP contribution in [0.5, 0.6) is 11.5 Å². The lowest BCUT2D eigenvalue weighted by Gasteiger charge is -2.34. The number of pyridine rings is 1. The van der Waals surface area contributed by atoms with E-state index < -0.39 is 214 Å². The van der Waals surface area contributed by atoms with Crippen LogP contribution in [0.3, 0.4) is 0 Å². The van der Waals surface area contributed by atoms with Gasteiger partial charge in [0.2, 0.25) is 0 Å². The molecule has 0 amide bonds. The number of aromatic nitrogens is 4. The first-order valence-electron chi connectivity index (χ1n) is 41.1. The van der Waals surface area contributed by atoms with E-state index in [0.717, 1.165) is 27.4 Å². The van der Waals surface area contributed by atoms with Crippen molar-refractivity contribution in [3.63, 3.8) is 0 Å². The molecule has 0 spiro atoms. The summed E-state index contributed by atoms with van der Waals surface area (Å²) >= 11 is 0. The smallest absolute Gasteiger partial charge is 0.269 e. The van der Waals surface area contributed by atoms with Gasteiger partial charge in [-0.15, -0.1) is 0 Å². The normalized spacial score (nSPS) is 16.7. The SMILES string of the molecule is [2H]c1c([2H])c([2H])c([Si](c2c([2H])c([2H])c([2H])c([2H])c2[2H])(c2c([2H])c([2H])c([2H])c([2H])c2[2H])c2c([2H])c([2H])c([2H])c(-c3cc4c5c(c3)n(-c3cccc(Oc6ccc7c8ccccc8n(-c8cc(C(C)(C)C)ccn8)c7c6)c3)[c-][n+]5-c3c(cccc3C(C)(C)C)-c3c([2H])c([2H])c([2H])c([2H])c3-c3c([2H])c([2H])c([2H])c([2H])c3-4)c2[2H])c([2H])c1[2H]. The van der Waals surface area contributed by atoms with Gasteiger partial charge >= 0.3 is 0 Å². The summed E-state index contributed by atoms with van der Waals surface area (Å²) in [5.41, 5.74) is -0.261. The number of para-hydroxylation sites is 2. The Morgan fingerprint density at radius 1 is 0.465 bits per heavy atom. The van der Waals surface area contributed by atoms with Crippen LogP contribution in [0.25, 0.3) is 94.5 Å². The molecule has 0 saturated heterocycles. The quantitative estimate of drug-likeness (QED) is 0.0625. The number of ether oxygens (including phenoxy) is 1. The van der Waals surface area contributed by atoms with Crippen molar-refractivity contribution in [2.24, 2.45) is 0 Å². The van der Waals surface area contributed by atoms with Gasteiger partial charge in [0.15, 0.2) is 8.07 Å². The van der Waals surface area contributed by atoms with Gasteiger partial charge in [0, 0.05) is 23.0 Å². The summed E-state index contributed by atoms with van der Waals surface area (Å²) in [4.78, 5) is 4.86. The van der Waals surface area contributed by atoms with Crippen molar-refractivity contribution in [2.75, 3.05) is 0 Å². The first-order valence-corrected chi connectivity index (χ1v) is 29.6. The minimum Gasteiger partial charge on any atom is -0.458 e. The van der Waals surface area contributed by atoms with Crippen molar-refractivity contribution in [3.05, 3.63) is 296 Å². The molecule has 3 aromatic heterocycles. The first-order chi connectivity index (χ1) is 53.1. The lowest BCUT2D eigenvalue weighted by Crippen LogP contribution is -2.74. The van der Waals surface area contributed by atoms with Crippen LogP contribution in [0.4, 0.5) is 0 Å². The Hall–Kier alpha value is -10.1. The van der Waals surface area contributed by atoms with Gasteiger partial charge in [0.1, 0.15) is 17.3 Å². The maximum absolute atomic E-state index is 11.0. The fraction of sp³-hybridized carbons (Fsp3) is 0.100. The van der Waals surface area contributed by atoms with E-state index in [9.17, 15) is 32.9 Å². The van der Waals surface area contributed by atoms with Gasteiger partial charge in [-0.1, -0.05) is 253 Å². The van der Waals surface area contributed by atoms with Crippen LogP contribution in [0.2, 0.25) is 0 Å². The van der Waals surface area contributed by atoms with Gasteiger partial charge in [0.25, 0.3) is 6.33 Å². The molecule has 0 N–H and O–H groups in total. The van der Waals surface area contributed by atoms with Crippen molar-refractivity contribution in [2.45, 2.75) is 52.4 Å². The summed E-state index contributed by atoms with van der Waals surface area (Å²) in [6.45, 7) is 12.0. The second-order valence-corrected chi connectivity index (χ2v) is 26.4. The Kier molecular flexibility index (Phi) is 7.45. The van der Waals surface area contributed by atoms with Gasteiger partial charge in [-0.2, -0.15) is 0 Å². The molecule has 5 nitrogen and oxygen atoms in total. The van der Waals surface area contributed by atoms with E-state index in [1.54, 1.807) is 53.2 Å². The van der Waals surface area contributed by atoms with E-state index in [1.165, 1.54) is 16.7 Å². The zero-order valence-electron chi connectivity index (χ0n) is 74.2. The second-order valence-electron chi connectivity index (χ2n) is 22.9. The van der Waals surface area contributed by atoms with Crippen LogP contribution in [0.15, 0.2) is 279 Å². The molecule has 0 radical (unpaired) electrons. The van der Waals surface area contributed by atoms with E-state index in [0.29, 0.717) is 17.1 Å². The number of hydrogen-bond donors (Lipinski definition) is 0. The van der Waals surface area contributed by atoms with E-state index in [4.69, 9.17) is 13.8 Å². The molecule has 14 aromatic rings. The van der Waals surface area contributed by atoms with E-state index in [-0.39, 0.29) is 61.4 Å². The molecule has 414 valence electrons. The van der Waals surface area contributed by atoms with E-state index >= 15 is 0 Å². The van der Waals surface area contributed by atoms with Gasteiger partial charge in [-0.3, -0.25) is 13.7 Å². The monoisotopic (exact) mass is 1150 g/mol. The largest absolute Gasteiger partial charge is 0.458 e. The lowest BCUT2D eigenvalue weighted by molar-refractivity contribution is -0.572. The molecular formula is C80H64N4OSi. The Morgan fingerprint density at radius 3 is 1.72 bits per heavy atom. The van der Waals surface area contributed by atoms with Gasteiger partial charge in [-0.05, 0) is 142 Å². The van der Waals surface area contributed by atoms with Crippen LogP contribution >= 0.6 is 0 Å². The van der Waals surface area contributed by atoms with Crippen molar-refractivity contribution in [1.29, 1.82) is 0 Å². The summed E-state index contributed by atoms with van der Waals surface area (Å²) in [5, 5.41) is -2.50. The predicted octanol–water partition coefficient (Wildman–Crippen LogP) is 16.9. The number of rotatable bonds is 9. The summed E-state index contributed by atoms with van der Waals surface area (Å²) in [7, 11) is -6.46. The highest BCUT2D eigenvalue weighted by Gasteiger charge is 2.41. The molecule has 0 saturated carbocycles. The molecule has 0 atom stereocenters. The van der Waals surface area contributed by atoms with Gasteiger partial charge < -0.3 is 4.74 Å². The van der Waals surface area contributed by atoms with Crippen molar-refractivity contribution >= 4 is 61.7 Å². The molecule has 1 aliphatic heterocycles. The summed E-state index contributed by atoms with van der Waals surface area (Å²) < 4.78 is 272. The van der Waals surface area contributed by atoms with E-state index in [1.807, 2.05) is 75.4 Å². The van der Waals surface area contributed by atoms with Gasteiger partial charge in [-0.25, -0.2) is 4.98 Å². The fourth-order valence-electron chi connectivity index (χ4n) is 11.7. The van der Waals surface area contributed by atoms with Crippen LogP contribution in [0, 0.1) is 6.33 Å². The Labute approximate surface area is 542 Å². The molecule has 4 heterocycles. The van der Waals surface area contributed by atoms with E-state index in [2.05, 4.69) is 31.7 Å². The van der Waals surface area contributed by atoms with Crippen molar-refractivity contribution in [3.8, 4) is 73.2 Å². The zero-order chi connectivity index (χ0) is 81.8. The van der Waals surface area contributed by atoms with Crippen LogP contribution in [0.1, 0.15) is 89.7 Å². The third-order valence-corrected chi connectivity index (χ3v) is 19.7. The molecule has 1 aliphatic rings. The minimum absolute atomic E-state index is 0.0115. The van der Waals surface area contributed by atoms with Gasteiger partial charge in [0.05, 0.1) is 70.5 Å². The average Bonchev–Trinajstić information content (AvgIpc) is 1.08. The van der Waals surface area contributed by atoms with Crippen LogP contribution in [-0.2, 0) is 10.8 Å². The standard InChI is InChI=1S/C80H64N4OSi/c1-79(2,3)56-45-46-81-76(50-56)84-73-42-21-20-39-68(73)69-44-43-59(52-74(69)84)85-58-27-23-26-57(51-58)82-53-83-77-70(40-24-41-72(77)80(4,5)6)66-37-18-16-35-64(66)65-36-17-19-38-67(65)71-48-55(49-75(82)78(71)83)54-25-22-34-63(47-54)86(60-28-10-7-11-29-60,61-30-12-8-13-31-61)62-32-14-9-15-33-62/h7-52H,1-6H3/i7D,8D,9D,10D,11D,12D,13D,14D,15D,16D,17D,18D,19D,22D,25D,28D,29D,30D,31D,32D,33D,34D,35D,36D,37D,38D,47D. The third kappa shape index (κ3) is 8.73. The Morgan fingerprint density at radius 2 is 1.06 bits per heavy atom. The number of nitrogens with zero attached hydrogens (tertiary/aromatic N) is 4. The second kappa shape index (κ2) is 20.6. The number of benzene rings is 11. The molecule has 6 heteroatoms. The summed E-state index contributed by atoms with van der Waals surface area (Å²) in [6.07, 6.45) is 5.30. The highest BCUT2D eigenvalue weighted by molar-refractivity contribution is 7.19. The first kappa shape index (κ1) is 31.1. The highest BCUT2D eigenvalue weighted by atomic mass is 28.3. The maximum Gasteiger partial charge on any atom is 0.269 e. The molecular weight excluding hydrogens is 1060 g/mol. The maximum atomic E-state index is 11.0. The molecule has 0 fully saturated rings. The average molecular weight is 1150 g/mol. The number of hydrogen-bond acceptors (Lipinski definition) is 2. The van der Waals surface area contributed by atoms with Crippen molar-refractivity contribution in [1.82, 2.24) is 14.1 Å². The Bertz CT molecular complexity index is 6360. The third-order valence-electron chi connectivity index (χ3n) is 15.7. The summed E-state index contributed by atoms with van der Waals surface area (Å²) in [5.74, 6) is 1.25. The topological polar surface area (TPSA) is 35.9 Å². The van der Waals surface area contributed by atoms with Crippen LogP contribution in [-0.4, -0.2) is 22.2 Å². The summed E-state index contributed by atoms with van der Waals surface area (Å²) in [6, 6.07) is 3.78. The zero-order valence-corrected chi connectivity index (χ0v) is 48.2. The predicted molar refractivity (Wildman–Crippen MR) is 359 cm³/mol. The lowest BCUT2D eigenvalue weighted by atomic mass is 9.82. The van der Waals surface area contributed by atoms with Crippen molar-refractivity contribution < 1.29 is 46.3 Å². The molecule has 0 bridgehead atoms. The van der Waals surface area contributed by atoms with Crippen LogP contribution < -0.4 is 30.1 Å². The minimum atomic E-state index is -6.46. The number of imidazole rings is 1.